The van der Waals surface area contributed by atoms with Gasteiger partial charge in [0.2, 0.25) is 0 Å². The second kappa shape index (κ2) is 3.16. The molecule has 1 heterocycles. The maximum absolute atomic E-state index is 10.3. The molecule has 0 amide bonds. The fraction of sp³-hybridized carbons (Fsp3) is 0.333. The number of nitrogens with one attached hydrogen (secondary N) is 1. The summed E-state index contributed by atoms with van der Waals surface area (Å²) in [4.78, 5) is 16.6. The van der Waals surface area contributed by atoms with E-state index in [1.165, 1.54) is 6.33 Å². The quantitative estimate of drug-likeness (QED) is 0.543. The highest BCUT2D eigenvalue weighted by Gasteiger charge is 2.11. The largest absolute Gasteiger partial charge is 0.480 e. The molecule has 1 aromatic rings. The van der Waals surface area contributed by atoms with E-state index in [-0.39, 0.29) is 12.6 Å². The number of aliphatic carboxylic acids is 1. The molecule has 1 rings (SSSR count). The molecule has 0 aliphatic heterocycles. The van der Waals surface area contributed by atoms with Crippen molar-refractivity contribution in [2.75, 3.05) is 0 Å². The molecule has 0 saturated heterocycles. The highest BCUT2D eigenvalue weighted by molar-refractivity contribution is 5.73. The van der Waals surface area contributed by atoms with E-state index in [9.17, 15) is 4.79 Å². The van der Waals surface area contributed by atoms with Crippen LogP contribution in [-0.4, -0.2) is 27.1 Å². The van der Waals surface area contributed by atoms with E-state index in [4.69, 9.17) is 12.2 Å². The van der Waals surface area contributed by atoms with Gasteiger partial charge in [0.1, 0.15) is 6.04 Å². The zero-order valence-corrected chi connectivity index (χ0v) is 5.74. The Morgan fingerprint density at radius 2 is 2.82 bits per heavy atom. The van der Waals surface area contributed by atoms with Gasteiger partial charge in [-0.15, -0.1) is 0 Å². The van der Waals surface area contributed by atoms with E-state index in [0.717, 1.165) is 0 Å². The van der Waals surface area contributed by atoms with Crippen molar-refractivity contribution in [1.82, 2.24) is 9.97 Å². The second-order valence-electron chi connectivity index (χ2n) is 2.14. The van der Waals surface area contributed by atoms with Crippen molar-refractivity contribution in [3.8, 4) is 0 Å². The molecule has 1 atom stereocenters. The monoisotopic (exact) mass is 156 g/mol. The lowest BCUT2D eigenvalue weighted by molar-refractivity contribution is -0.138. The van der Waals surface area contributed by atoms with Crippen molar-refractivity contribution < 1.29 is 11.3 Å². The highest BCUT2D eigenvalue weighted by Crippen LogP contribution is 1.95. The number of carboxylic acid groups (broad SMARTS) is 1. The highest BCUT2D eigenvalue weighted by atomic mass is 16.4. The van der Waals surface area contributed by atoms with Gasteiger partial charge in [-0.05, 0) is 0 Å². The molecule has 0 unspecified atom stereocenters. The Labute approximate surface area is 64.7 Å². The van der Waals surface area contributed by atoms with Crippen molar-refractivity contribution in [3.05, 3.63) is 18.2 Å². The Morgan fingerprint density at radius 1 is 2.09 bits per heavy atom. The van der Waals surface area contributed by atoms with Crippen LogP contribution in [0.3, 0.4) is 0 Å². The van der Waals surface area contributed by atoms with Crippen LogP contribution < -0.4 is 5.73 Å². The first-order valence-corrected chi connectivity index (χ1v) is 3.08. The average Bonchev–Trinajstić information content (AvgIpc) is 2.36. The van der Waals surface area contributed by atoms with Crippen molar-refractivity contribution in [3.63, 3.8) is 0 Å². The summed E-state index contributed by atoms with van der Waals surface area (Å²) in [6.45, 7) is 0. The number of aromatic nitrogens is 2. The third-order valence-corrected chi connectivity index (χ3v) is 1.24. The SMILES string of the molecule is [2H]c1nc[nH]c1C[C@H](N)C(=O)O. The fourth-order valence-corrected chi connectivity index (χ4v) is 0.664. The molecule has 5 nitrogen and oxygen atoms in total. The van der Waals surface area contributed by atoms with Crippen molar-refractivity contribution in [2.45, 2.75) is 12.5 Å². The van der Waals surface area contributed by atoms with Gasteiger partial charge in [0.25, 0.3) is 0 Å². The smallest absolute Gasteiger partial charge is 0.320 e. The number of imidazole rings is 1. The van der Waals surface area contributed by atoms with Crippen LogP contribution in [0.5, 0.6) is 0 Å². The minimum absolute atomic E-state index is 0.0479. The minimum Gasteiger partial charge on any atom is -0.480 e. The van der Waals surface area contributed by atoms with Crippen LogP contribution in [0.4, 0.5) is 0 Å². The third kappa shape index (κ3) is 2.05. The molecular formula is C6H9N3O2. The van der Waals surface area contributed by atoms with E-state index >= 15 is 0 Å². The summed E-state index contributed by atoms with van der Waals surface area (Å²) in [5.74, 6) is -1.08. The molecule has 4 N–H and O–H groups in total. The van der Waals surface area contributed by atoms with Gasteiger partial charge in [0.15, 0.2) is 0 Å². The van der Waals surface area contributed by atoms with Gasteiger partial charge in [-0.3, -0.25) is 4.79 Å². The number of hydrogen-bond donors (Lipinski definition) is 3. The molecule has 0 fully saturated rings. The molecule has 0 aliphatic rings. The van der Waals surface area contributed by atoms with Gasteiger partial charge >= 0.3 is 5.97 Å². The topological polar surface area (TPSA) is 92.0 Å². The van der Waals surface area contributed by atoms with Crippen LogP contribution in [0.2, 0.25) is 0 Å². The first kappa shape index (κ1) is 6.36. The fourth-order valence-electron chi connectivity index (χ4n) is 0.664. The first-order chi connectivity index (χ1) is 5.61. The van der Waals surface area contributed by atoms with Gasteiger partial charge in [0.05, 0.1) is 7.70 Å². The van der Waals surface area contributed by atoms with Gasteiger partial charge in [0, 0.05) is 18.3 Å². The number of nitrogens with two attached hydrogens (primary N) is 1. The standard InChI is InChI=1S/C6H9N3O2/c7-5(6(10)11)1-4-2-8-3-9-4/h2-3,5H,1,7H2,(H,8,9)(H,10,11)/t5-/m0/s1/i2D. The van der Waals surface area contributed by atoms with Gasteiger partial charge in [-0.2, -0.15) is 0 Å². The third-order valence-electron chi connectivity index (χ3n) is 1.24. The lowest BCUT2D eigenvalue weighted by Gasteiger charge is -2.02. The predicted octanol–water partition coefficient (Wildman–Crippen LogP) is -0.636. The predicted molar refractivity (Wildman–Crippen MR) is 37.9 cm³/mol. The molecule has 0 spiro atoms. The Bertz CT molecular complexity index is 286. The molecule has 0 radical (unpaired) electrons. The van der Waals surface area contributed by atoms with E-state index in [0.29, 0.717) is 5.69 Å². The molecular weight excluding hydrogens is 146 g/mol. The summed E-state index contributed by atoms with van der Waals surface area (Å²) in [7, 11) is 0. The zero-order chi connectivity index (χ0) is 9.14. The molecule has 60 valence electrons. The number of H-pyrrole nitrogens is 1. The Morgan fingerprint density at radius 3 is 3.27 bits per heavy atom. The van der Waals surface area contributed by atoms with E-state index in [1.54, 1.807) is 0 Å². The summed E-state index contributed by atoms with van der Waals surface area (Å²) in [6.07, 6.45) is 1.49. The van der Waals surface area contributed by atoms with Gasteiger partial charge in [-0.25, -0.2) is 4.98 Å². The molecule has 1 aromatic heterocycles. The Hall–Kier alpha value is -1.36. The van der Waals surface area contributed by atoms with Gasteiger partial charge in [-0.1, -0.05) is 0 Å². The average molecular weight is 156 g/mol. The Balaban J connectivity index is 2.64. The molecule has 0 aliphatic carbocycles. The van der Waals surface area contributed by atoms with Crippen LogP contribution in [-0.2, 0) is 11.2 Å². The van der Waals surface area contributed by atoms with Crippen LogP contribution in [0, 0.1) is 0 Å². The number of carbonyl (C=O) groups is 1. The zero-order valence-electron chi connectivity index (χ0n) is 6.74. The van der Waals surface area contributed by atoms with E-state index < -0.39 is 12.0 Å². The normalized spacial score (nSPS) is 14.1. The summed E-state index contributed by atoms with van der Waals surface area (Å²) in [5, 5.41) is 8.45. The van der Waals surface area contributed by atoms with Crippen LogP contribution in [0.25, 0.3) is 0 Å². The Kier molecular flexibility index (Phi) is 1.82. The van der Waals surface area contributed by atoms with Crippen molar-refractivity contribution in [1.29, 1.82) is 0 Å². The summed E-state index contributed by atoms with van der Waals surface area (Å²) < 4.78 is 7.19. The number of aromatic amines is 1. The summed E-state index contributed by atoms with van der Waals surface area (Å²) in [6, 6.07) is -0.977. The maximum Gasteiger partial charge on any atom is 0.320 e. The maximum atomic E-state index is 10.3. The van der Waals surface area contributed by atoms with Crippen LogP contribution >= 0.6 is 0 Å². The molecule has 0 bridgehead atoms. The first-order valence-electron chi connectivity index (χ1n) is 3.58. The lowest BCUT2D eigenvalue weighted by Crippen LogP contribution is -2.32. The lowest BCUT2D eigenvalue weighted by atomic mass is 10.2. The number of nitrogens with zero attached hydrogens (tertiary/aromatic N) is 1. The number of carboxylic acids is 1. The molecule has 5 heteroatoms. The van der Waals surface area contributed by atoms with Crippen molar-refractivity contribution in [2.24, 2.45) is 5.73 Å². The van der Waals surface area contributed by atoms with E-state index in [1.807, 2.05) is 0 Å². The molecule has 11 heavy (non-hydrogen) atoms. The van der Waals surface area contributed by atoms with Crippen LogP contribution in [0.15, 0.2) is 12.5 Å². The van der Waals surface area contributed by atoms with E-state index in [2.05, 4.69) is 9.97 Å². The van der Waals surface area contributed by atoms with Crippen LogP contribution in [0.1, 0.15) is 7.06 Å². The van der Waals surface area contributed by atoms with Crippen molar-refractivity contribution >= 4 is 5.97 Å². The number of rotatable bonds is 3. The molecule has 0 saturated carbocycles. The second-order valence-corrected chi connectivity index (χ2v) is 2.14. The number of hydrogen-bond acceptors (Lipinski definition) is 3. The minimum atomic E-state index is -1.08. The molecule has 0 aromatic carbocycles. The summed E-state index contributed by atoms with van der Waals surface area (Å²) in [5.41, 5.74) is 5.69. The van der Waals surface area contributed by atoms with Gasteiger partial charge < -0.3 is 15.8 Å². The summed E-state index contributed by atoms with van der Waals surface area (Å²) >= 11 is 0.